The average molecular weight is 450 g/mol. The third-order valence-corrected chi connectivity index (χ3v) is 4.64. The molecule has 2 heterocycles. The number of likely N-dealkylation sites (tertiary alicyclic amines) is 1. The van der Waals surface area contributed by atoms with Gasteiger partial charge in [-0.2, -0.15) is 0 Å². The predicted octanol–water partition coefficient (Wildman–Crippen LogP) is 3.96. The normalized spacial score (nSPS) is 14.7. The summed E-state index contributed by atoms with van der Waals surface area (Å²) in [6.07, 6.45) is -1.96. The lowest BCUT2D eigenvalue weighted by molar-refractivity contribution is -0.274. The maximum Gasteiger partial charge on any atom is 0.573 e. The lowest BCUT2D eigenvalue weighted by atomic mass is 9.94. The van der Waals surface area contributed by atoms with Gasteiger partial charge in [0.2, 0.25) is 12.3 Å². The minimum absolute atomic E-state index is 0.0441. The number of rotatable bonds is 6. The molecule has 166 valence electrons. The average Bonchev–Trinajstić information content (AvgIpc) is 3.17. The van der Waals surface area contributed by atoms with Gasteiger partial charge < -0.3 is 24.6 Å². The van der Waals surface area contributed by atoms with Crippen molar-refractivity contribution in [2.24, 2.45) is 0 Å². The molecule has 7 nitrogen and oxygen atoms in total. The van der Waals surface area contributed by atoms with E-state index in [9.17, 15) is 18.0 Å². The Morgan fingerprint density at radius 3 is 2.63 bits per heavy atom. The molecule has 11 heteroatoms. The largest absolute Gasteiger partial charge is 0.573 e. The molecule has 2 aromatic rings. The van der Waals surface area contributed by atoms with Crippen LogP contribution in [-0.4, -0.2) is 54.2 Å². The zero-order valence-electron chi connectivity index (χ0n) is 16.3. The quantitative estimate of drug-likeness (QED) is 0.649. The molecule has 1 aliphatic heterocycles. The molecule has 1 aliphatic rings. The highest BCUT2D eigenvalue weighted by Crippen LogP contribution is 2.30. The number of aliphatic hydroxyl groups excluding tert-OH is 1. The molecule has 1 saturated heterocycles. The van der Waals surface area contributed by atoms with E-state index in [1.807, 2.05) is 6.07 Å². The van der Waals surface area contributed by atoms with E-state index in [0.717, 1.165) is 43.6 Å². The first-order valence-electron chi connectivity index (χ1n) is 9.24. The van der Waals surface area contributed by atoms with Crippen molar-refractivity contribution >= 4 is 23.9 Å². The van der Waals surface area contributed by atoms with Crippen LogP contribution < -0.4 is 10.1 Å². The van der Waals surface area contributed by atoms with Crippen LogP contribution in [0.4, 0.5) is 19.1 Å². The van der Waals surface area contributed by atoms with Gasteiger partial charge in [0.15, 0.2) is 0 Å². The summed E-state index contributed by atoms with van der Waals surface area (Å²) in [5.74, 6) is 0.575. The summed E-state index contributed by atoms with van der Waals surface area (Å²) in [5.41, 5.74) is 1.70. The number of alkyl halides is 3. The number of aryl methyl sites for hydroxylation is 1. The molecule has 0 spiro atoms. The minimum atomic E-state index is -4.70. The molecule has 0 atom stereocenters. The van der Waals surface area contributed by atoms with Gasteiger partial charge in [-0.1, -0.05) is 22.8 Å². The fraction of sp³-hybridized carbons (Fsp3) is 0.474. The Morgan fingerprint density at radius 1 is 1.37 bits per heavy atom. The van der Waals surface area contributed by atoms with Crippen LogP contribution in [0.3, 0.4) is 0 Å². The number of nitrogens with one attached hydrogen (secondary N) is 1. The molecule has 1 fully saturated rings. The number of hydrogen-bond acceptors (Lipinski definition) is 6. The predicted molar refractivity (Wildman–Crippen MR) is 105 cm³/mol. The molecule has 0 unspecified atom stereocenters. The Kier molecular flexibility index (Phi) is 8.79. The van der Waals surface area contributed by atoms with Crippen molar-refractivity contribution < 1.29 is 32.3 Å². The van der Waals surface area contributed by atoms with E-state index in [-0.39, 0.29) is 17.4 Å². The number of aliphatic hydroxyl groups is 1. The molecule has 1 aromatic heterocycles. The summed E-state index contributed by atoms with van der Waals surface area (Å²) in [6.45, 7) is 3.80. The van der Waals surface area contributed by atoms with Gasteiger partial charge in [0.05, 0.1) is 17.3 Å². The van der Waals surface area contributed by atoms with Crippen molar-refractivity contribution in [3.05, 3.63) is 40.5 Å². The van der Waals surface area contributed by atoms with E-state index in [1.165, 1.54) is 18.2 Å². The van der Waals surface area contributed by atoms with Crippen LogP contribution in [0.25, 0.3) is 0 Å². The number of carbonyl (C=O) groups is 1. The summed E-state index contributed by atoms with van der Waals surface area (Å²) in [4.78, 5) is 12.4. The summed E-state index contributed by atoms with van der Waals surface area (Å²) < 4.78 is 44.0. The van der Waals surface area contributed by atoms with Gasteiger partial charge in [0, 0.05) is 31.6 Å². The Balaban J connectivity index is 0.000000222. The highest BCUT2D eigenvalue weighted by Gasteiger charge is 2.31. The Morgan fingerprint density at radius 2 is 2.07 bits per heavy atom. The monoisotopic (exact) mass is 449 g/mol. The summed E-state index contributed by atoms with van der Waals surface area (Å²) >= 11 is 5.51. The van der Waals surface area contributed by atoms with E-state index in [0.29, 0.717) is 18.3 Å². The van der Waals surface area contributed by atoms with Crippen molar-refractivity contribution in [2.75, 3.05) is 31.6 Å². The number of piperidine rings is 1. The molecule has 30 heavy (non-hydrogen) atoms. The van der Waals surface area contributed by atoms with Crippen molar-refractivity contribution in [2.45, 2.75) is 32.0 Å². The number of halogens is 4. The first-order chi connectivity index (χ1) is 14.2. The van der Waals surface area contributed by atoms with Crippen molar-refractivity contribution in [3.63, 3.8) is 0 Å². The van der Waals surface area contributed by atoms with Crippen molar-refractivity contribution in [3.8, 4) is 5.75 Å². The van der Waals surface area contributed by atoms with Gasteiger partial charge in [-0.15, -0.1) is 13.2 Å². The summed E-state index contributed by atoms with van der Waals surface area (Å²) in [6, 6.07) is 5.96. The van der Waals surface area contributed by atoms with E-state index in [4.69, 9.17) is 21.2 Å². The van der Waals surface area contributed by atoms with E-state index in [1.54, 1.807) is 11.8 Å². The molecule has 0 bridgehead atoms. The molecular formula is C19H23ClF3N3O4. The number of hydrogen-bond donors (Lipinski definition) is 2. The summed E-state index contributed by atoms with van der Waals surface area (Å²) in [5, 5.41) is 15.6. The standard InChI is InChI=1S/C11H17N3O3.C8H6ClF3O/c15-6-3-12-11-7-10(13-17-11)9-1-4-14(8-16)5-2-9;1-5-2-3-7(6(9)4-5)13-8(10,11)12/h7-9,12,15H,1-6H2;2-4H,1H3. The second-order valence-electron chi connectivity index (χ2n) is 6.66. The molecule has 3 rings (SSSR count). The maximum atomic E-state index is 11.7. The number of ether oxygens (including phenoxy) is 1. The Hall–Kier alpha value is -2.46. The van der Waals surface area contributed by atoms with Gasteiger partial charge in [0.1, 0.15) is 5.75 Å². The first-order valence-corrected chi connectivity index (χ1v) is 9.62. The molecule has 0 aliphatic carbocycles. The SMILES string of the molecule is Cc1ccc(OC(F)(F)F)c(Cl)c1.O=CN1CCC(c2cc(NCCO)on2)CC1. The van der Waals surface area contributed by atoms with Crippen molar-refractivity contribution in [1.29, 1.82) is 0 Å². The number of nitrogens with zero attached hydrogens (tertiary/aromatic N) is 2. The third kappa shape index (κ3) is 7.75. The Labute approximate surface area is 176 Å². The highest BCUT2D eigenvalue weighted by atomic mass is 35.5. The number of aromatic nitrogens is 1. The minimum Gasteiger partial charge on any atom is -0.404 e. The molecule has 0 saturated carbocycles. The van der Waals surface area contributed by atoms with E-state index in [2.05, 4.69) is 15.2 Å². The third-order valence-electron chi connectivity index (χ3n) is 4.35. The zero-order chi connectivity index (χ0) is 22.1. The lowest BCUT2D eigenvalue weighted by Gasteiger charge is -2.27. The van der Waals surface area contributed by atoms with E-state index < -0.39 is 6.36 Å². The second-order valence-corrected chi connectivity index (χ2v) is 7.07. The van der Waals surface area contributed by atoms with Crippen LogP contribution in [-0.2, 0) is 4.79 Å². The number of amides is 1. The molecule has 2 N–H and O–H groups in total. The maximum absolute atomic E-state index is 11.7. The molecule has 0 radical (unpaired) electrons. The van der Waals surface area contributed by atoms with Crippen molar-refractivity contribution in [1.82, 2.24) is 10.1 Å². The van der Waals surface area contributed by atoms with Crippen LogP contribution in [0.2, 0.25) is 5.02 Å². The highest BCUT2D eigenvalue weighted by molar-refractivity contribution is 6.32. The second kappa shape index (κ2) is 11.1. The number of anilines is 1. The van der Waals surface area contributed by atoms with Gasteiger partial charge >= 0.3 is 6.36 Å². The van der Waals surface area contributed by atoms with Gasteiger partial charge in [-0.05, 0) is 37.5 Å². The van der Waals surface area contributed by atoms with Crippen LogP contribution in [0.5, 0.6) is 5.75 Å². The van der Waals surface area contributed by atoms with Gasteiger partial charge in [-0.25, -0.2) is 0 Å². The smallest absolute Gasteiger partial charge is 0.404 e. The Bertz CT molecular complexity index is 809. The van der Waals surface area contributed by atoms with Crippen LogP contribution >= 0.6 is 11.6 Å². The number of benzene rings is 1. The van der Waals surface area contributed by atoms with Gasteiger partial charge in [-0.3, -0.25) is 4.79 Å². The van der Waals surface area contributed by atoms with Crippen LogP contribution in [0, 0.1) is 6.92 Å². The van der Waals surface area contributed by atoms with Gasteiger partial charge in [0.25, 0.3) is 0 Å². The fourth-order valence-corrected chi connectivity index (χ4v) is 3.13. The number of carbonyl (C=O) groups excluding carboxylic acids is 1. The zero-order valence-corrected chi connectivity index (χ0v) is 17.0. The van der Waals surface area contributed by atoms with Crippen LogP contribution in [0.1, 0.15) is 30.0 Å². The fourth-order valence-electron chi connectivity index (χ4n) is 2.86. The first kappa shape index (κ1) is 23.8. The van der Waals surface area contributed by atoms with E-state index >= 15 is 0 Å². The molecular weight excluding hydrogens is 427 g/mol. The summed E-state index contributed by atoms with van der Waals surface area (Å²) in [7, 11) is 0. The topological polar surface area (TPSA) is 87.8 Å². The molecule has 1 aromatic carbocycles. The lowest BCUT2D eigenvalue weighted by Crippen LogP contribution is -2.31. The van der Waals surface area contributed by atoms with Crippen LogP contribution in [0.15, 0.2) is 28.8 Å². The molecule has 1 amide bonds.